The summed E-state index contributed by atoms with van der Waals surface area (Å²) in [6.45, 7) is 0. The lowest BCUT2D eigenvalue weighted by atomic mass is 9.52. The standard InChI is InChI=1S/C17H26O3/c18-10-2-4-11-9(7-10)1-3-13-12-5-6-15(19)14(12)8-16(20)17(11)13/h9-14,16-18,20H,1-8H2/t9-,10-,11?,12?,13?,14?,16?,17?/m1/s1. The summed E-state index contributed by atoms with van der Waals surface area (Å²) in [5, 5.41) is 20.5. The monoisotopic (exact) mass is 278 g/mol. The summed E-state index contributed by atoms with van der Waals surface area (Å²) < 4.78 is 0. The molecule has 0 heterocycles. The van der Waals surface area contributed by atoms with E-state index < -0.39 is 0 Å². The lowest BCUT2D eigenvalue weighted by Crippen LogP contribution is -2.51. The Labute approximate surface area is 120 Å². The molecule has 112 valence electrons. The van der Waals surface area contributed by atoms with Gasteiger partial charge < -0.3 is 10.2 Å². The van der Waals surface area contributed by atoms with E-state index in [1.54, 1.807) is 0 Å². The number of carbonyl (C=O) groups excluding carboxylic acids is 1. The van der Waals surface area contributed by atoms with Crippen molar-refractivity contribution in [2.24, 2.45) is 35.5 Å². The molecular weight excluding hydrogens is 252 g/mol. The van der Waals surface area contributed by atoms with Crippen LogP contribution in [0.25, 0.3) is 0 Å². The van der Waals surface area contributed by atoms with Crippen LogP contribution in [0.4, 0.5) is 0 Å². The van der Waals surface area contributed by atoms with Crippen LogP contribution in [0.2, 0.25) is 0 Å². The molecule has 20 heavy (non-hydrogen) atoms. The number of rotatable bonds is 0. The Morgan fingerprint density at radius 2 is 1.65 bits per heavy atom. The van der Waals surface area contributed by atoms with Gasteiger partial charge in [0, 0.05) is 12.3 Å². The van der Waals surface area contributed by atoms with Crippen molar-refractivity contribution in [1.29, 1.82) is 0 Å². The van der Waals surface area contributed by atoms with Gasteiger partial charge in [-0.2, -0.15) is 0 Å². The molecule has 4 saturated carbocycles. The zero-order valence-corrected chi connectivity index (χ0v) is 12.1. The van der Waals surface area contributed by atoms with E-state index in [-0.39, 0.29) is 18.1 Å². The first-order valence-electron chi connectivity index (χ1n) is 8.54. The van der Waals surface area contributed by atoms with E-state index in [2.05, 4.69) is 0 Å². The minimum absolute atomic E-state index is 0.116. The molecule has 4 aliphatic carbocycles. The van der Waals surface area contributed by atoms with E-state index >= 15 is 0 Å². The molecule has 3 nitrogen and oxygen atoms in total. The molecular formula is C17H26O3. The van der Waals surface area contributed by atoms with Crippen LogP contribution in [0, 0.1) is 35.5 Å². The normalized spacial score (nSPS) is 55.0. The highest BCUT2D eigenvalue weighted by molar-refractivity contribution is 5.83. The van der Waals surface area contributed by atoms with Crippen LogP contribution in [0.3, 0.4) is 0 Å². The van der Waals surface area contributed by atoms with Gasteiger partial charge in [-0.15, -0.1) is 0 Å². The van der Waals surface area contributed by atoms with Gasteiger partial charge in [-0.1, -0.05) is 0 Å². The number of hydrogen-bond acceptors (Lipinski definition) is 3. The smallest absolute Gasteiger partial charge is 0.136 e. The zero-order chi connectivity index (χ0) is 13.9. The molecule has 0 amide bonds. The Morgan fingerprint density at radius 1 is 0.850 bits per heavy atom. The molecule has 0 radical (unpaired) electrons. The maximum absolute atomic E-state index is 12.0. The van der Waals surface area contributed by atoms with Gasteiger partial charge in [-0.25, -0.2) is 0 Å². The molecule has 0 spiro atoms. The number of aliphatic hydroxyl groups is 2. The van der Waals surface area contributed by atoms with E-state index in [0.29, 0.717) is 35.4 Å². The highest BCUT2D eigenvalue weighted by Crippen LogP contribution is 2.57. The van der Waals surface area contributed by atoms with E-state index in [4.69, 9.17) is 0 Å². The van der Waals surface area contributed by atoms with Gasteiger partial charge in [0.05, 0.1) is 12.2 Å². The number of fused-ring (bicyclic) bond motifs is 5. The molecule has 0 bridgehead atoms. The molecule has 0 aromatic rings. The molecule has 4 fully saturated rings. The SMILES string of the molecule is O=C1CCC2C1CC(O)C1C2CC[C@@H]2C[C@H](O)CCC12. The highest BCUT2D eigenvalue weighted by atomic mass is 16.3. The van der Waals surface area contributed by atoms with Gasteiger partial charge in [-0.05, 0) is 74.5 Å². The first kappa shape index (κ1) is 13.3. The minimum Gasteiger partial charge on any atom is -0.393 e. The fourth-order valence-corrected chi connectivity index (χ4v) is 6.26. The summed E-state index contributed by atoms with van der Waals surface area (Å²) >= 11 is 0. The minimum atomic E-state index is -0.272. The van der Waals surface area contributed by atoms with Crippen molar-refractivity contribution in [3.8, 4) is 0 Å². The third-order valence-corrected chi connectivity index (χ3v) is 7.02. The molecule has 0 saturated heterocycles. The molecule has 0 aliphatic heterocycles. The van der Waals surface area contributed by atoms with Gasteiger partial charge >= 0.3 is 0 Å². The lowest BCUT2D eigenvalue weighted by Gasteiger charge is -2.53. The summed E-state index contributed by atoms with van der Waals surface area (Å²) in [6, 6.07) is 0. The molecule has 2 N–H and O–H groups in total. The van der Waals surface area contributed by atoms with Crippen molar-refractivity contribution in [3.05, 3.63) is 0 Å². The Kier molecular flexibility index (Phi) is 3.19. The number of carbonyl (C=O) groups is 1. The van der Waals surface area contributed by atoms with Crippen molar-refractivity contribution >= 4 is 5.78 Å². The fourth-order valence-electron chi connectivity index (χ4n) is 6.26. The third-order valence-electron chi connectivity index (χ3n) is 7.02. The van der Waals surface area contributed by atoms with Crippen molar-refractivity contribution in [2.75, 3.05) is 0 Å². The predicted molar refractivity (Wildman–Crippen MR) is 74.9 cm³/mol. The highest BCUT2D eigenvalue weighted by Gasteiger charge is 2.54. The van der Waals surface area contributed by atoms with Gasteiger partial charge in [0.15, 0.2) is 0 Å². The number of aliphatic hydroxyl groups excluding tert-OH is 2. The van der Waals surface area contributed by atoms with E-state index in [1.807, 2.05) is 0 Å². The Balaban J connectivity index is 1.59. The van der Waals surface area contributed by atoms with Crippen molar-refractivity contribution in [3.63, 3.8) is 0 Å². The average Bonchev–Trinajstić information content (AvgIpc) is 2.80. The molecule has 4 aliphatic rings. The van der Waals surface area contributed by atoms with Crippen LogP contribution in [0.15, 0.2) is 0 Å². The molecule has 8 atom stereocenters. The van der Waals surface area contributed by atoms with Crippen LogP contribution >= 0.6 is 0 Å². The number of hydrogen-bond donors (Lipinski definition) is 2. The van der Waals surface area contributed by atoms with Crippen molar-refractivity contribution < 1.29 is 15.0 Å². The molecule has 0 aromatic carbocycles. The van der Waals surface area contributed by atoms with Gasteiger partial charge in [0.1, 0.15) is 5.78 Å². The van der Waals surface area contributed by atoms with Crippen LogP contribution in [-0.2, 0) is 4.79 Å². The molecule has 4 rings (SSSR count). The maximum Gasteiger partial charge on any atom is 0.136 e. The third kappa shape index (κ3) is 1.89. The largest absolute Gasteiger partial charge is 0.393 e. The topological polar surface area (TPSA) is 57.5 Å². The first-order chi connectivity index (χ1) is 9.65. The maximum atomic E-state index is 12.0. The zero-order valence-electron chi connectivity index (χ0n) is 12.1. The first-order valence-corrected chi connectivity index (χ1v) is 8.54. The summed E-state index contributed by atoms with van der Waals surface area (Å²) in [7, 11) is 0. The number of ketones is 1. The van der Waals surface area contributed by atoms with E-state index in [0.717, 1.165) is 38.5 Å². The second kappa shape index (κ2) is 4.81. The number of Topliss-reactive ketones (excluding diaryl/α,β-unsaturated/α-hetero) is 1. The summed E-state index contributed by atoms with van der Waals surface area (Å²) in [5.41, 5.74) is 0. The second-order valence-electron chi connectivity index (χ2n) is 7.79. The summed E-state index contributed by atoms with van der Waals surface area (Å²) in [4.78, 5) is 12.0. The van der Waals surface area contributed by atoms with Crippen LogP contribution < -0.4 is 0 Å². The quantitative estimate of drug-likeness (QED) is 0.714. The Hall–Kier alpha value is -0.410. The van der Waals surface area contributed by atoms with Crippen molar-refractivity contribution in [2.45, 2.75) is 63.6 Å². The molecule has 3 heteroatoms. The molecule has 0 aromatic heterocycles. The Bertz CT molecular complexity index is 407. The van der Waals surface area contributed by atoms with Crippen LogP contribution in [-0.4, -0.2) is 28.2 Å². The van der Waals surface area contributed by atoms with Crippen LogP contribution in [0.1, 0.15) is 51.4 Å². The van der Waals surface area contributed by atoms with Gasteiger partial charge in [0.25, 0.3) is 0 Å². The second-order valence-corrected chi connectivity index (χ2v) is 7.79. The van der Waals surface area contributed by atoms with Crippen LogP contribution in [0.5, 0.6) is 0 Å². The Morgan fingerprint density at radius 3 is 2.50 bits per heavy atom. The predicted octanol–water partition coefficient (Wildman–Crippen LogP) is 2.15. The summed E-state index contributed by atoms with van der Waals surface area (Å²) in [6.07, 6.45) is 7.44. The van der Waals surface area contributed by atoms with E-state index in [9.17, 15) is 15.0 Å². The van der Waals surface area contributed by atoms with Crippen molar-refractivity contribution in [1.82, 2.24) is 0 Å². The van der Waals surface area contributed by atoms with E-state index in [1.165, 1.54) is 12.8 Å². The summed E-state index contributed by atoms with van der Waals surface area (Å²) in [5.74, 6) is 3.33. The molecule has 6 unspecified atom stereocenters. The van der Waals surface area contributed by atoms with Gasteiger partial charge in [0.2, 0.25) is 0 Å². The average molecular weight is 278 g/mol. The fraction of sp³-hybridized carbons (Fsp3) is 0.941. The van der Waals surface area contributed by atoms with Gasteiger partial charge in [-0.3, -0.25) is 4.79 Å². The lowest BCUT2D eigenvalue weighted by molar-refractivity contribution is -0.134.